The molecular formula is C22H24N4O6. The molecule has 0 saturated carbocycles. The fraction of sp³-hybridized carbons (Fsp3) is 0.227. The number of nitrogens with zero attached hydrogens (tertiary/aromatic N) is 1. The van der Waals surface area contributed by atoms with Gasteiger partial charge in [-0.15, -0.1) is 4.99 Å². The molecule has 0 spiro atoms. The number of ether oxygens (including phenoxy) is 2. The Kier molecular flexibility index (Phi) is 8.46. The number of hydrogen-bond donors (Lipinski definition) is 3. The van der Waals surface area contributed by atoms with Crippen LogP contribution in [-0.4, -0.2) is 44.1 Å². The highest BCUT2D eigenvalue weighted by Gasteiger charge is 2.17. The number of rotatable bonds is 5. The smallest absolute Gasteiger partial charge is 0.436 e. The molecule has 0 aliphatic rings. The topological polar surface area (TPSA) is 135 Å². The van der Waals surface area contributed by atoms with Crippen molar-refractivity contribution >= 4 is 41.2 Å². The molecule has 0 atom stereocenters. The number of methoxy groups -OCH3 is 2. The monoisotopic (exact) mass is 440 g/mol. The molecule has 32 heavy (non-hydrogen) atoms. The molecule has 0 radical (unpaired) electrons. The van der Waals surface area contributed by atoms with E-state index in [9.17, 15) is 19.2 Å². The lowest BCUT2D eigenvalue weighted by Crippen LogP contribution is -2.37. The average molecular weight is 440 g/mol. The average Bonchev–Trinajstić information content (AvgIpc) is 2.79. The van der Waals surface area contributed by atoms with Crippen LogP contribution >= 0.6 is 0 Å². The molecule has 3 amide bonds. The van der Waals surface area contributed by atoms with E-state index in [4.69, 9.17) is 0 Å². The van der Waals surface area contributed by atoms with Gasteiger partial charge in [-0.25, -0.2) is 9.59 Å². The second-order valence-corrected chi connectivity index (χ2v) is 6.77. The van der Waals surface area contributed by atoms with Crippen molar-refractivity contribution in [2.75, 3.05) is 24.9 Å². The van der Waals surface area contributed by atoms with Crippen LogP contribution in [0.25, 0.3) is 0 Å². The van der Waals surface area contributed by atoms with Gasteiger partial charge in [-0.3, -0.25) is 14.9 Å². The summed E-state index contributed by atoms with van der Waals surface area (Å²) in [4.78, 5) is 52.0. The van der Waals surface area contributed by atoms with Crippen LogP contribution in [0.15, 0.2) is 53.5 Å². The van der Waals surface area contributed by atoms with Crippen molar-refractivity contribution in [1.29, 1.82) is 0 Å². The van der Waals surface area contributed by atoms with Gasteiger partial charge in [0.1, 0.15) is 0 Å². The second kappa shape index (κ2) is 11.3. The Bertz CT molecular complexity index is 1030. The summed E-state index contributed by atoms with van der Waals surface area (Å²) in [6.45, 7) is 3.44. The normalized spacial score (nSPS) is 10.8. The maximum Gasteiger partial charge on any atom is 0.436 e. The highest BCUT2D eigenvalue weighted by molar-refractivity contribution is 6.12. The summed E-state index contributed by atoms with van der Waals surface area (Å²) in [7, 11) is 2.26. The summed E-state index contributed by atoms with van der Waals surface area (Å²) in [5, 5.41) is 7.71. The number of alkyl carbamates (subject to hydrolysis) is 1. The number of ketones is 1. The van der Waals surface area contributed by atoms with Gasteiger partial charge < -0.3 is 20.1 Å². The molecule has 0 fully saturated rings. The third kappa shape index (κ3) is 6.66. The molecule has 0 aliphatic heterocycles. The van der Waals surface area contributed by atoms with E-state index in [0.717, 1.165) is 14.2 Å². The highest BCUT2D eigenvalue weighted by Crippen LogP contribution is 2.25. The van der Waals surface area contributed by atoms with E-state index < -0.39 is 12.2 Å². The maximum absolute atomic E-state index is 12.9. The molecule has 2 aromatic rings. The van der Waals surface area contributed by atoms with Crippen LogP contribution in [0.5, 0.6) is 0 Å². The van der Waals surface area contributed by atoms with E-state index in [1.807, 2.05) is 0 Å². The summed E-state index contributed by atoms with van der Waals surface area (Å²) in [6, 6.07) is 13.2. The van der Waals surface area contributed by atoms with Gasteiger partial charge >= 0.3 is 12.2 Å². The van der Waals surface area contributed by atoms with E-state index >= 15 is 0 Å². The summed E-state index contributed by atoms with van der Waals surface area (Å²) in [5.41, 5.74) is 1.28. The predicted octanol–water partition coefficient (Wildman–Crippen LogP) is 3.40. The number of amides is 3. The molecule has 0 heterocycles. The minimum atomic E-state index is -0.992. The van der Waals surface area contributed by atoms with Crippen molar-refractivity contribution in [2.24, 2.45) is 10.9 Å². The Hall–Kier alpha value is -4.21. The van der Waals surface area contributed by atoms with Crippen molar-refractivity contribution in [3.63, 3.8) is 0 Å². The molecule has 2 aromatic carbocycles. The fourth-order valence-corrected chi connectivity index (χ4v) is 2.43. The van der Waals surface area contributed by atoms with Gasteiger partial charge in [-0.1, -0.05) is 44.2 Å². The number of anilines is 2. The second-order valence-electron chi connectivity index (χ2n) is 6.77. The Labute approximate surface area is 185 Å². The Morgan fingerprint density at radius 1 is 0.844 bits per heavy atom. The van der Waals surface area contributed by atoms with Crippen LogP contribution in [0, 0.1) is 5.92 Å². The van der Waals surface area contributed by atoms with E-state index in [2.05, 4.69) is 30.4 Å². The van der Waals surface area contributed by atoms with Crippen LogP contribution in [0.2, 0.25) is 0 Å². The van der Waals surface area contributed by atoms with Crippen LogP contribution in [-0.2, 0) is 14.3 Å². The Morgan fingerprint density at radius 2 is 1.53 bits per heavy atom. The molecule has 0 aromatic heterocycles. The number of guanidine groups is 1. The van der Waals surface area contributed by atoms with E-state index in [1.165, 1.54) is 12.1 Å². The lowest BCUT2D eigenvalue weighted by Gasteiger charge is -2.17. The van der Waals surface area contributed by atoms with Gasteiger partial charge in [0.25, 0.3) is 0 Å². The van der Waals surface area contributed by atoms with Crippen molar-refractivity contribution in [2.45, 2.75) is 13.8 Å². The van der Waals surface area contributed by atoms with Crippen molar-refractivity contribution < 1.29 is 28.7 Å². The number of benzene rings is 2. The highest BCUT2D eigenvalue weighted by atomic mass is 16.5. The minimum absolute atomic E-state index is 0.208. The first kappa shape index (κ1) is 24.1. The van der Waals surface area contributed by atoms with E-state index in [0.29, 0.717) is 16.8 Å². The number of aliphatic imine (C=N–C) groups is 1. The third-order valence-corrected chi connectivity index (χ3v) is 4.14. The third-order valence-electron chi connectivity index (χ3n) is 4.14. The SMILES string of the molecule is COC(=O)N=C(NC(=O)OC)Nc1cc(C(=O)c2ccccc2)ccc1NC(=O)C(C)C. The summed E-state index contributed by atoms with van der Waals surface area (Å²) in [5.74, 6) is -1.18. The van der Waals surface area contributed by atoms with Gasteiger partial charge in [0.05, 0.1) is 25.6 Å². The van der Waals surface area contributed by atoms with Crippen LogP contribution in [0.4, 0.5) is 21.0 Å². The zero-order valence-electron chi connectivity index (χ0n) is 18.1. The molecule has 10 heteroatoms. The lowest BCUT2D eigenvalue weighted by atomic mass is 10.0. The van der Waals surface area contributed by atoms with Crippen LogP contribution in [0.1, 0.15) is 29.8 Å². The molecule has 0 unspecified atom stereocenters. The van der Waals surface area contributed by atoms with Gasteiger partial charge in [0, 0.05) is 17.0 Å². The summed E-state index contributed by atoms with van der Waals surface area (Å²) >= 11 is 0. The van der Waals surface area contributed by atoms with E-state index in [-0.39, 0.29) is 29.3 Å². The predicted molar refractivity (Wildman–Crippen MR) is 119 cm³/mol. The first-order chi connectivity index (χ1) is 15.2. The standard InChI is InChI=1S/C22H24N4O6/c1-13(2)19(28)23-16-11-10-15(18(27)14-8-6-5-7-9-14)12-17(16)24-20(25-21(29)31-3)26-22(30)32-4/h5-13H,1-4H3,(H,23,28)(H2,24,25,26,29,30). The summed E-state index contributed by atoms with van der Waals surface area (Å²) in [6.07, 6.45) is -1.89. The van der Waals surface area contributed by atoms with Gasteiger partial charge in [-0.05, 0) is 18.2 Å². The van der Waals surface area contributed by atoms with Gasteiger partial charge in [0.15, 0.2) is 5.78 Å². The van der Waals surface area contributed by atoms with Crippen molar-refractivity contribution in [1.82, 2.24) is 5.32 Å². The first-order valence-corrected chi connectivity index (χ1v) is 9.58. The zero-order chi connectivity index (χ0) is 23.7. The maximum atomic E-state index is 12.9. The van der Waals surface area contributed by atoms with Crippen LogP contribution in [0.3, 0.4) is 0 Å². The van der Waals surface area contributed by atoms with Gasteiger partial charge in [0.2, 0.25) is 11.9 Å². The molecule has 2 rings (SSSR count). The molecule has 0 aliphatic carbocycles. The number of carbonyl (C=O) groups excluding carboxylic acids is 4. The molecule has 0 bridgehead atoms. The summed E-state index contributed by atoms with van der Waals surface area (Å²) < 4.78 is 9.03. The van der Waals surface area contributed by atoms with Crippen molar-refractivity contribution in [3.05, 3.63) is 59.7 Å². The first-order valence-electron chi connectivity index (χ1n) is 9.58. The van der Waals surface area contributed by atoms with E-state index in [1.54, 1.807) is 50.2 Å². The van der Waals surface area contributed by atoms with Crippen LogP contribution < -0.4 is 16.0 Å². The molecular weight excluding hydrogens is 416 g/mol. The molecule has 10 nitrogen and oxygen atoms in total. The minimum Gasteiger partial charge on any atom is -0.453 e. The largest absolute Gasteiger partial charge is 0.453 e. The quantitative estimate of drug-likeness (QED) is 0.368. The Balaban J connectivity index is 2.49. The van der Waals surface area contributed by atoms with Gasteiger partial charge in [-0.2, -0.15) is 0 Å². The Morgan fingerprint density at radius 3 is 2.12 bits per heavy atom. The number of hydrogen-bond acceptors (Lipinski definition) is 6. The fourth-order valence-electron chi connectivity index (χ4n) is 2.43. The molecule has 168 valence electrons. The zero-order valence-corrected chi connectivity index (χ0v) is 18.1. The molecule has 3 N–H and O–H groups in total. The van der Waals surface area contributed by atoms with Crippen molar-refractivity contribution in [3.8, 4) is 0 Å². The number of nitrogens with one attached hydrogen (secondary N) is 3. The molecule has 0 saturated heterocycles. The number of carbonyl (C=O) groups is 4. The lowest BCUT2D eigenvalue weighted by molar-refractivity contribution is -0.118.